The van der Waals surface area contributed by atoms with E-state index < -0.39 is 53.8 Å². The van der Waals surface area contributed by atoms with Crippen LogP contribution in [0.25, 0.3) is 0 Å². The number of hydrogen-bond donors (Lipinski definition) is 1. The molecule has 0 aliphatic carbocycles. The Morgan fingerprint density at radius 3 is 2.44 bits per heavy atom. The van der Waals surface area contributed by atoms with E-state index in [2.05, 4.69) is 10.4 Å². The molecule has 3 aliphatic rings. The molecule has 0 radical (unpaired) electrons. The van der Waals surface area contributed by atoms with Crippen LogP contribution in [-0.4, -0.2) is 64.8 Å². The van der Waals surface area contributed by atoms with Gasteiger partial charge in [0.25, 0.3) is 5.91 Å². The molecule has 1 spiro atoms. The second kappa shape index (κ2) is 9.44. The van der Waals surface area contributed by atoms with Crippen molar-refractivity contribution in [2.24, 2.45) is 11.3 Å². The molecule has 5 rings (SSSR count). The molecule has 1 aromatic heterocycles. The fraction of sp³-hybridized carbons (Fsp3) is 0.600. The van der Waals surface area contributed by atoms with Crippen LogP contribution in [0.3, 0.4) is 0 Å². The summed E-state index contributed by atoms with van der Waals surface area (Å²) in [6, 6.07) is 2.00. The number of nitrogens with zero attached hydrogens (tertiary/aromatic N) is 3. The molecule has 7 nitrogen and oxygen atoms in total. The highest BCUT2D eigenvalue weighted by Crippen LogP contribution is 2.54. The molecule has 14 heteroatoms. The lowest BCUT2D eigenvalue weighted by atomic mass is 9.74. The van der Waals surface area contributed by atoms with Crippen LogP contribution in [0, 0.1) is 29.9 Å². The van der Waals surface area contributed by atoms with Gasteiger partial charge < -0.3 is 14.8 Å². The topological polar surface area (TPSA) is 68.6 Å². The first-order valence-corrected chi connectivity index (χ1v) is 12.3. The maximum Gasteiger partial charge on any atom is 0.417 e. The summed E-state index contributed by atoms with van der Waals surface area (Å²) in [6.07, 6.45) is -5.86. The molecule has 0 saturated carbocycles. The quantitative estimate of drug-likeness (QED) is 0.512. The van der Waals surface area contributed by atoms with Gasteiger partial charge in [0.15, 0.2) is 17.2 Å². The van der Waals surface area contributed by atoms with Crippen LogP contribution in [0.5, 0.6) is 0 Å². The first-order valence-electron chi connectivity index (χ1n) is 12.3. The monoisotopic (exact) mass is 564 g/mol. The third-order valence-electron chi connectivity index (χ3n) is 8.21. The molecule has 3 saturated heterocycles. The van der Waals surface area contributed by atoms with E-state index in [1.165, 1.54) is 19.9 Å². The van der Waals surface area contributed by atoms with Gasteiger partial charge in [-0.15, -0.1) is 0 Å². The number of ether oxygens (including phenoxy) is 2. The SMILES string of the molecule is Cc1nn(C(F)F)cc1NC(=O)[C@@H]1O[C@@](C)(C(F)(F)F)[C@@H](C)[C@H]1c1ccc(F)c(F)c1CN1CC2(COC2)C1. The minimum atomic E-state index is -4.91. The van der Waals surface area contributed by atoms with Crippen molar-refractivity contribution in [2.75, 3.05) is 31.6 Å². The average Bonchev–Trinajstić information content (AvgIpc) is 3.30. The van der Waals surface area contributed by atoms with E-state index in [1.54, 1.807) is 0 Å². The van der Waals surface area contributed by atoms with Crippen molar-refractivity contribution in [2.45, 2.75) is 57.7 Å². The van der Waals surface area contributed by atoms with Gasteiger partial charge in [0, 0.05) is 42.4 Å². The molecule has 2 aromatic rings. The lowest BCUT2D eigenvalue weighted by Gasteiger charge is -2.55. The minimum Gasteiger partial charge on any atom is -0.380 e. The standard InChI is InChI=1S/C25H27F7N4O3/c1-12-18(14-4-5-16(26)19(27)15(14)6-35-8-24(9-35)10-38-11-24)20(39-23(12,3)25(30,31)32)21(37)33-17-7-36(22(28)29)34-13(17)2/h4-5,7,12,18,20,22H,6,8-11H2,1-3H3,(H,33,37)/t12-,18-,20+,23+/m0/s1. The number of alkyl halides is 5. The summed E-state index contributed by atoms with van der Waals surface area (Å²) in [5.41, 5.74) is -3.14. The van der Waals surface area contributed by atoms with E-state index in [-0.39, 0.29) is 34.5 Å². The number of likely N-dealkylation sites (tertiary alicyclic amines) is 1. The third kappa shape index (κ3) is 4.59. The number of carbonyl (C=O) groups excluding carboxylic acids is 1. The Labute approximate surface area is 219 Å². The number of anilines is 1. The Balaban J connectivity index is 1.51. The highest BCUT2D eigenvalue weighted by Gasteiger charge is 2.66. The van der Waals surface area contributed by atoms with Gasteiger partial charge in [-0.05, 0) is 25.5 Å². The predicted octanol–water partition coefficient (Wildman–Crippen LogP) is 4.78. The smallest absolute Gasteiger partial charge is 0.380 e. The van der Waals surface area contributed by atoms with Crippen LogP contribution in [0.2, 0.25) is 0 Å². The van der Waals surface area contributed by atoms with E-state index in [0.717, 1.165) is 19.2 Å². The van der Waals surface area contributed by atoms with E-state index in [1.807, 2.05) is 4.90 Å². The van der Waals surface area contributed by atoms with Crippen molar-refractivity contribution >= 4 is 11.6 Å². The van der Waals surface area contributed by atoms with Gasteiger partial charge in [0.2, 0.25) is 0 Å². The molecule has 3 aliphatic heterocycles. The van der Waals surface area contributed by atoms with Crippen LogP contribution < -0.4 is 5.32 Å². The summed E-state index contributed by atoms with van der Waals surface area (Å²) in [6.45, 7) is 2.48. The summed E-state index contributed by atoms with van der Waals surface area (Å²) in [5.74, 6) is -6.17. The van der Waals surface area contributed by atoms with Crippen molar-refractivity contribution in [3.05, 3.63) is 46.8 Å². The number of nitrogens with one attached hydrogen (secondary N) is 1. The maximum absolute atomic E-state index is 15.2. The normalized spacial score (nSPS) is 28.5. The van der Waals surface area contributed by atoms with Crippen LogP contribution in [0.4, 0.5) is 36.4 Å². The van der Waals surface area contributed by atoms with Crippen molar-refractivity contribution in [1.82, 2.24) is 14.7 Å². The Morgan fingerprint density at radius 1 is 1.23 bits per heavy atom. The lowest BCUT2D eigenvalue weighted by Crippen LogP contribution is -2.65. The number of amides is 1. The summed E-state index contributed by atoms with van der Waals surface area (Å²) >= 11 is 0. The summed E-state index contributed by atoms with van der Waals surface area (Å²) in [5, 5.41) is 5.91. The maximum atomic E-state index is 15.2. The van der Waals surface area contributed by atoms with E-state index in [4.69, 9.17) is 9.47 Å². The fourth-order valence-corrected chi connectivity index (χ4v) is 5.82. The lowest BCUT2D eigenvalue weighted by molar-refractivity contribution is -0.272. The van der Waals surface area contributed by atoms with Gasteiger partial charge in [-0.1, -0.05) is 13.0 Å². The molecule has 3 fully saturated rings. The Morgan fingerprint density at radius 2 is 1.90 bits per heavy atom. The van der Waals surface area contributed by atoms with Crippen LogP contribution in [0.15, 0.2) is 18.3 Å². The number of rotatable bonds is 6. The van der Waals surface area contributed by atoms with Gasteiger partial charge in [0.05, 0.1) is 30.8 Å². The number of aryl methyl sites for hydroxylation is 1. The zero-order valence-corrected chi connectivity index (χ0v) is 21.3. The summed E-state index contributed by atoms with van der Waals surface area (Å²) < 4.78 is 109. The highest BCUT2D eigenvalue weighted by atomic mass is 19.4. The number of benzene rings is 1. The first kappa shape index (κ1) is 27.8. The van der Waals surface area contributed by atoms with E-state index in [9.17, 15) is 31.1 Å². The van der Waals surface area contributed by atoms with Gasteiger partial charge in [-0.2, -0.15) is 27.1 Å². The number of carbonyl (C=O) groups is 1. The molecule has 4 heterocycles. The molecule has 0 unspecified atom stereocenters. The number of aromatic nitrogens is 2. The fourth-order valence-electron chi connectivity index (χ4n) is 5.82. The first-order chi connectivity index (χ1) is 18.2. The molecular formula is C25H27F7N4O3. The predicted molar refractivity (Wildman–Crippen MR) is 123 cm³/mol. The summed E-state index contributed by atoms with van der Waals surface area (Å²) in [7, 11) is 0. The molecule has 1 aromatic carbocycles. The van der Waals surface area contributed by atoms with Gasteiger partial charge in [-0.25, -0.2) is 13.5 Å². The minimum absolute atomic E-state index is 0.00466. The molecule has 39 heavy (non-hydrogen) atoms. The van der Waals surface area contributed by atoms with Gasteiger partial charge >= 0.3 is 12.7 Å². The zero-order chi connectivity index (χ0) is 28.5. The zero-order valence-electron chi connectivity index (χ0n) is 21.3. The molecule has 214 valence electrons. The Hall–Kier alpha value is -2.71. The van der Waals surface area contributed by atoms with Crippen LogP contribution in [-0.2, 0) is 20.8 Å². The Bertz CT molecular complexity index is 1270. The van der Waals surface area contributed by atoms with Crippen molar-refractivity contribution in [3.63, 3.8) is 0 Å². The largest absolute Gasteiger partial charge is 0.417 e. The third-order valence-corrected chi connectivity index (χ3v) is 8.21. The van der Waals surface area contributed by atoms with Crippen LogP contribution in [0.1, 0.15) is 43.1 Å². The van der Waals surface area contributed by atoms with Crippen molar-refractivity contribution in [1.29, 1.82) is 0 Å². The molecule has 4 atom stereocenters. The van der Waals surface area contributed by atoms with Crippen molar-refractivity contribution in [3.8, 4) is 0 Å². The van der Waals surface area contributed by atoms with Crippen molar-refractivity contribution < 1.29 is 45.0 Å². The van der Waals surface area contributed by atoms with E-state index in [0.29, 0.717) is 31.0 Å². The molecule has 0 bridgehead atoms. The summed E-state index contributed by atoms with van der Waals surface area (Å²) in [4.78, 5) is 15.2. The number of hydrogen-bond acceptors (Lipinski definition) is 5. The second-order valence-corrected chi connectivity index (χ2v) is 10.9. The number of halogens is 7. The molecule has 1 N–H and O–H groups in total. The molecular weight excluding hydrogens is 537 g/mol. The highest BCUT2D eigenvalue weighted by molar-refractivity contribution is 5.95. The Kier molecular flexibility index (Phi) is 6.74. The second-order valence-electron chi connectivity index (χ2n) is 10.9. The van der Waals surface area contributed by atoms with Gasteiger partial charge in [-0.3, -0.25) is 9.69 Å². The van der Waals surface area contributed by atoms with Gasteiger partial charge in [0.1, 0.15) is 6.10 Å². The molecule has 1 amide bonds. The average molecular weight is 565 g/mol. The van der Waals surface area contributed by atoms with E-state index >= 15 is 4.39 Å². The van der Waals surface area contributed by atoms with Crippen LogP contribution >= 0.6 is 0 Å².